The predicted molar refractivity (Wildman–Crippen MR) is 83.5 cm³/mol. The van der Waals surface area contributed by atoms with Crippen molar-refractivity contribution in [2.75, 3.05) is 19.6 Å². The highest BCUT2D eigenvalue weighted by Gasteiger charge is 2.34. The molecule has 0 aromatic heterocycles. The van der Waals surface area contributed by atoms with Crippen LogP contribution in [0.15, 0.2) is 0 Å². The van der Waals surface area contributed by atoms with E-state index >= 15 is 0 Å². The van der Waals surface area contributed by atoms with Crippen LogP contribution in [0.3, 0.4) is 0 Å². The Morgan fingerprint density at radius 3 is 2.32 bits per heavy atom. The van der Waals surface area contributed by atoms with Crippen LogP contribution in [0.1, 0.15) is 66.7 Å². The lowest BCUT2D eigenvalue weighted by molar-refractivity contribution is 0.0917. The third-order valence-corrected chi connectivity index (χ3v) is 5.30. The molecule has 1 unspecified atom stereocenters. The summed E-state index contributed by atoms with van der Waals surface area (Å²) in [5.74, 6) is 0. The van der Waals surface area contributed by atoms with E-state index < -0.39 is 0 Å². The van der Waals surface area contributed by atoms with E-state index in [0.717, 1.165) is 6.04 Å². The van der Waals surface area contributed by atoms with Gasteiger partial charge in [0.1, 0.15) is 0 Å². The standard InChI is InChI=1S/C17H34N2/c1-16(2,3)15-13-19(12-6-11-18-15)14-7-9-17(4,5)10-8-14/h14-15,18H,6-13H2,1-5H3. The van der Waals surface area contributed by atoms with E-state index in [0.29, 0.717) is 16.9 Å². The summed E-state index contributed by atoms with van der Waals surface area (Å²) < 4.78 is 0. The van der Waals surface area contributed by atoms with Crippen molar-refractivity contribution in [1.82, 2.24) is 10.2 Å². The van der Waals surface area contributed by atoms with Crippen LogP contribution in [-0.2, 0) is 0 Å². The van der Waals surface area contributed by atoms with Crippen LogP contribution < -0.4 is 5.32 Å². The first kappa shape index (κ1) is 15.3. The molecule has 0 bridgehead atoms. The first-order chi connectivity index (χ1) is 8.78. The van der Waals surface area contributed by atoms with Crippen molar-refractivity contribution < 1.29 is 0 Å². The molecular weight excluding hydrogens is 232 g/mol. The van der Waals surface area contributed by atoms with Crippen LogP contribution in [0.2, 0.25) is 0 Å². The quantitative estimate of drug-likeness (QED) is 0.779. The maximum atomic E-state index is 3.77. The lowest BCUT2D eigenvalue weighted by Crippen LogP contribution is -2.49. The molecule has 112 valence electrons. The molecule has 1 saturated heterocycles. The number of hydrogen-bond acceptors (Lipinski definition) is 2. The number of nitrogens with zero attached hydrogens (tertiary/aromatic N) is 1. The van der Waals surface area contributed by atoms with Crippen molar-refractivity contribution in [3.8, 4) is 0 Å². The maximum absolute atomic E-state index is 3.77. The number of nitrogens with one attached hydrogen (secondary N) is 1. The summed E-state index contributed by atoms with van der Waals surface area (Å²) in [5, 5.41) is 3.77. The van der Waals surface area contributed by atoms with Gasteiger partial charge in [0, 0.05) is 18.6 Å². The van der Waals surface area contributed by atoms with Crippen molar-refractivity contribution >= 4 is 0 Å². The molecule has 2 fully saturated rings. The highest BCUT2D eigenvalue weighted by atomic mass is 15.2. The zero-order valence-corrected chi connectivity index (χ0v) is 13.8. The van der Waals surface area contributed by atoms with Crippen molar-refractivity contribution in [2.24, 2.45) is 10.8 Å². The highest BCUT2D eigenvalue weighted by Crippen LogP contribution is 2.37. The molecule has 0 spiro atoms. The van der Waals surface area contributed by atoms with E-state index in [1.807, 2.05) is 0 Å². The second-order valence-electron chi connectivity index (χ2n) is 8.62. The molecule has 1 aliphatic heterocycles. The normalized spacial score (nSPS) is 31.1. The first-order valence-corrected chi connectivity index (χ1v) is 8.25. The summed E-state index contributed by atoms with van der Waals surface area (Å²) in [5.41, 5.74) is 0.959. The van der Waals surface area contributed by atoms with Gasteiger partial charge in [-0.1, -0.05) is 34.6 Å². The zero-order chi connectivity index (χ0) is 14.1. The maximum Gasteiger partial charge on any atom is 0.0243 e. The van der Waals surface area contributed by atoms with Gasteiger partial charge in [-0.2, -0.15) is 0 Å². The van der Waals surface area contributed by atoms with E-state index in [1.54, 1.807) is 0 Å². The predicted octanol–water partition coefficient (Wildman–Crippen LogP) is 3.67. The molecule has 1 atom stereocenters. The van der Waals surface area contributed by atoms with Gasteiger partial charge in [-0.05, 0) is 56.0 Å². The minimum absolute atomic E-state index is 0.372. The smallest absolute Gasteiger partial charge is 0.0243 e. The molecule has 2 rings (SSSR count). The van der Waals surface area contributed by atoms with Gasteiger partial charge in [-0.15, -0.1) is 0 Å². The Hall–Kier alpha value is -0.0800. The van der Waals surface area contributed by atoms with Crippen LogP contribution in [0, 0.1) is 10.8 Å². The zero-order valence-electron chi connectivity index (χ0n) is 13.8. The largest absolute Gasteiger partial charge is 0.312 e. The molecular formula is C17H34N2. The molecule has 19 heavy (non-hydrogen) atoms. The second kappa shape index (κ2) is 5.73. The van der Waals surface area contributed by atoms with Crippen molar-refractivity contribution in [3.05, 3.63) is 0 Å². The van der Waals surface area contributed by atoms with E-state index in [2.05, 4.69) is 44.8 Å². The van der Waals surface area contributed by atoms with Crippen LogP contribution >= 0.6 is 0 Å². The molecule has 1 heterocycles. The number of hydrogen-bond donors (Lipinski definition) is 1. The summed E-state index contributed by atoms with van der Waals surface area (Å²) in [6.07, 6.45) is 6.93. The lowest BCUT2D eigenvalue weighted by Gasteiger charge is -2.42. The summed E-state index contributed by atoms with van der Waals surface area (Å²) in [6.45, 7) is 15.7. The van der Waals surface area contributed by atoms with E-state index in [1.165, 1.54) is 51.7 Å². The van der Waals surface area contributed by atoms with Crippen molar-refractivity contribution in [3.63, 3.8) is 0 Å². The lowest BCUT2D eigenvalue weighted by atomic mass is 9.75. The molecule has 1 N–H and O–H groups in total. The topological polar surface area (TPSA) is 15.3 Å². The third-order valence-electron chi connectivity index (χ3n) is 5.30. The molecule has 0 radical (unpaired) electrons. The molecule has 2 heteroatoms. The highest BCUT2D eigenvalue weighted by molar-refractivity contribution is 4.90. The van der Waals surface area contributed by atoms with Crippen LogP contribution in [-0.4, -0.2) is 36.6 Å². The van der Waals surface area contributed by atoms with E-state index in [-0.39, 0.29) is 0 Å². The Balaban J connectivity index is 1.95. The Kier molecular flexibility index (Phi) is 4.62. The van der Waals surface area contributed by atoms with Crippen molar-refractivity contribution in [1.29, 1.82) is 0 Å². The average Bonchev–Trinajstić information content (AvgIpc) is 2.54. The van der Waals surface area contributed by atoms with Gasteiger partial charge in [0.25, 0.3) is 0 Å². The van der Waals surface area contributed by atoms with Gasteiger partial charge in [-0.25, -0.2) is 0 Å². The number of rotatable bonds is 1. The van der Waals surface area contributed by atoms with Gasteiger partial charge < -0.3 is 5.32 Å². The summed E-state index contributed by atoms with van der Waals surface area (Å²) >= 11 is 0. The second-order valence-corrected chi connectivity index (χ2v) is 8.62. The van der Waals surface area contributed by atoms with Crippen LogP contribution in [0.5, 0.6) is 0 Å². The fourth-order valence-electron chi connectivity index (χ4n) is 3.61. The minimum atomic E-state index is 0.372. The molecule has 2 nitrogen and oxygen atoms in total. The van der Waals surface area contributed by atoms with Gasteiger partial charge >= 0.3 is 0 Å². The Morgan fingerprint density at radius 1 is 1.11 bits per heavy atom. The fraction of sp³-hybridized carbons (Fsp3) is 1.00. The Morgan fingerprint density at radius 2 is 1.74 bits per heavy atom. The summed E-state index contributed by atoms with van der Waals surface area (Å²) in [6, 6.07) is 1.49. The monoisotopic (exact) mass is 266 g/mol. The van der Waals surface area contributed by atoms with Gasteiger partial charge in [0.2, 0.25) is 0 Å². The molecule has 1 aliphatic carbocycles. The Labute approximate surface area is 120 Å². The molecule has 0 aromatic rings. The third kappa shape index (κ3) is 4.19. The summed E-state index contributed by atoms with van der Waals surface area (Å²) in [4.78, 5) is 2.80. The fourth-order valence-corrected chi connectivity index (χ4v) is 3.61. The summed E-state index contributed by atoms with van der Waals surface area (Å²) in [7, 11) is 0. The van der Waals surface area contributed by atoms with Crippen LogP contribution in [0.25, 0.3) is 0 Å². The van der Waals surface area contributed by atoms with E-state index in [4.69, 9.17) is 0 Å². The van der Waals surface area contributed by atoms with Gasteiger partial charge in [-0.3, -0.25) is 4.90 Å². The van der Waals surface area contributed by atoms with Gasteiger partial charge in [0.05, 0.1) is 0 Å². The average molecular weight is 266 g/mol. The molecule has 1 saturated carbocycles. The Bertz CT molecular complexity index is 280. The van der Waals surface area contributed by atoms with E-state index in [9.17, 15) is 0 Å². The molecule has 0 aromatic carbocycles. The molecule has 2 aliphatic rings. The van der Waals surface area contributed by atoms with Crippen molar-refractivity contribution in [2.45, 2.75) is 78.8 Å². The van der Waals surface area contributed by atoms with Crippen LogP contribution in [0.4, 0.5) is 0 Å². The first-order valence-electron chi connectivity index (χ1n) is 8.25. The van der Waals surface area contributed by atoms with Gasteiger partial charge in [0.15, 0.2) is 0 Å². The molecule has 0 amide bonds. The SMILES string of the molecule is CC1(C)CCC(N2CCCNC(C(C)(C)C)C2)CC1. The minimum Gasteiger partial charge on any atom is -0.312 e.